The zero-order chi connectivity index (χ0) is 22.1. The van der Waals surface area contributed by atoms with Crippen molar-refractivity contribution in [1.29, 1.82) is 0 Å². The molecular weight excluding hydrogens is 392 g/mol. The number of benzene rings is 2. The van der Waals surface area contributed by atoms with E-state index in [1.165, 1.54) is 0 Å². The van der Waals surface area contributed by atoms with Crippen molar-refractivity contribution in [3.63, 3.8) is 0 Å². The van der Waals surface area contributed by atoms with Gasteiger partial charge in [0.1, 0.15) is 6.04 Å². The molecular formula is C25H30N2O4. The molecule has 1 fully saturated rings. The fourth-order valence-electron chi connectivity index (χ4n) is 3.93. The van der Waals surface area contributed by atoms with Gasteiger partial charge in [-0.15, -0.1) is 0 Å². The first-order valence-corrected chi connectivity index (χ1v) is 10.9. The Balaban J connectivity index is 1.75. The van der Waals surface area contributed by atoms with Gasteiger partial charge in [-0.1, -0.05) is 60.7 Å². The van der Waals surface area contributed by atoms with E-state index in [9.17, 15) is 14.4 Å². The van der Waals surface area contributed by atoms with Crippen LogP contribution in [0, 0.1) is 5.92 Å². The highest BCUT2D eigenvalue weighted by Crippen LogP contribution is 2.26. The first-order chi connectivity index (χ1) is 15.1. The van der Waals surface area contributed by atoms with Crippen LogP contribution in [0.4, 0.5) is 0 Å². The summed E-state index contributed by atoms with van der Waals surface area (Å²) in [6, 6.07) is 18.3. The maximum absolute atomic E-state index is 13.3. The fourth-order valence-corrected chi connectivity index (χ4v) is 3.93. The third-order valence-electron chi connectivity index (χ3n) is 5.50. The zero-order valence-corrected chi connectivity index (χ0v) is 18.0. The Morgan fingerprint density at radius 2 is 1.71 bits per heavy atom. The highest BCUT2D eigenvalue weighted by atomic mass is 16.5. The number of likely N-dealkylation sites (tertiary alicyclic amines) is 1. The van der Waals surface area contributed by atoms with E-state index in [1.54, 1.807) is 11.8 Å². The largest absolute Gasteiger partial charge is 0.466 e. The average molecular weight is 423 g/mol. The Labute approximate surface area is 183 Å². The van der Waals surface area contributed by atoms with E-state index in [4.69, 9.17) is 4.74 Å². The van der Waals surface area contributed by atoms with Gasteiger partial charge in [0, 0.05) is 19.5 Å². The number of carbonyl (C=O) groups is 3. The third kappa shape index (κ3) is 6.17. The van der Waals surface area contributed by atoms with Gasteiger partial charge in [0.15, 0.2) is 0 Å². The molecule has 0 aromatic heterocycles. The van der Waals surface area contributed by atoms with Crippen molar-refractivity contribution < 1.29 is 19.1 Å². The summed E-state index contributed by atoms with van der Waals surface area (Å²) >= 11 is 0. The first-order valence-electron chi connectivity index (χ1n) is 10.9. The molecule has 1 aliphatic heterocycles. The van der Waals surface area contributed by atoms with Crippen molar-refractivity contribution in [1.82, 2.24) is 10.2 Å². The minimum atomic E-state index is -0.700. The summed E-state index contributed by atoms with van der Waals surface area (Å²) in [7, 11) is 0. The second-order valence-electron chi connectivity index (χ2n) is 7.74. The molecule has 0 bridgehead atoms. The van der Waals surface area contributed by atoms with Gasteiger partial charge in [-0.25, -0.2) is 0 Å². The van der Waals surface area contributed by atoms with Crippen LogP contribution >= 0.6 is 0 Å². The molecule has 1 N–H and O–H groups in total. The molecule has 2 atom stereocenters. The molecule has 2 amide bonds. The van der Waals surface area contributed by atoms with Crippen LogP contribution < -0.4 is 5.32 Å². The van der Waals surface area contributed by atoms with Crippen molar-refractivity contribution in [2.24, 2.45) is 5.92 Å². The van der Waals surface area contributed by atoms with E-state index < -0.39 is 12.0 Å². The average Bonchev–Trinajstić information content (AvgIpc) is 2.79. The smallest absolute Gasteiger partial charge is 0.311 e. The van der Waals surface area contributed by atoms with Gasteiger partial charge in [-0.05, 0) is 37.3 Å². The number of piperidine rings is 1. The van der Waals surface area contributed by atoms with E-state index in [2.05, 4.69) is 5.32 Å². The van der Waals surface area contributed by atoms with Gasteiger partial charge in [0.25, 0.3) is 0 Å². The molecule has 164 valence electrons. The lowest BCUT2D eigenvalue weighted by Crippen LogP contribution is -2.47. The third-order valence-corrected chi connectivity index (χ3v) is 5.50. The van der Waals surface area contributed by atoms with Crippen LogP contribution in [0.15, 0.2) is 60.7 Å². The highest BCUT2D eigenvalue weighted by molar-refractivity contribution is 5.89. The van der Waals surface area contributed by atoms with Crippen LogP contribution in [-0.4, -0.2) is 42.4 Å². The van der Waals surface area contributed by atoms with Crippen molar-refractivity contribution >= 4 is 17.8 Å². The molecule has 31 heavy (non-hydrogen) atoms. The number of hydrogen-bond acceptors (Lipinski definition) is 4. The molecule has 6 heteroatoms. The minimum Gasteiger partial charge on any atom is -0.466 e. The number of amides is 2. The second kappa shape index (κ2) is 11.3. The Morgan fingerprint density at radius 3 is 2.35 bits per heavy atom. The predicted molar refractivity (Wildman–Crippen MR) is 118 cm³/mol. The van der Waals surface area contributed by atoms with Crippen molar-refractivity contribution in [2.75, 3.05) is 19.7 Å². The van der Waals surface area contributed by atoms with Crippen molar-refractivity contribution in [2.45, 2.75) is 38.6 Å². The van der Waals surface area contributed by atoms with Crippen molar-refractivity contribution in [3.8, 4) is 0 Å². The molecule has 1 heterocycles. The topological polar surface area (TPSA) is 75.7 Å². The number of esters is 1. The molecule has 1 saturated heterocycles. The van der Waals surface area contributed by atoms with E-state index in [0.29, 0.717) is 19.4 Å². The summed E-state index contributed by atoms with van der Waals surface area (Å²) in [5.41, 5.74) is 1.77. The molecule has 0 spiro atoms. The molecule has 0 saturated carbocycles. The summed E-state index contributed by atoms with van der Waals surface area (Å²) in [5, 5.41) is 2.93. The standard InChI is InChI=1S/C25H30N2O4/c1-2-31-25(30)21(17-19-11-5-3-6-12-19)18-26-24(29)23(20-13-7-4-8-14-20)27-16-10-9-15-22(27)28/h3-8,11-14,21,23H,2,9-10,15-18H2,1H3,(H,26,29). The second-order valence-corrected chi connectivity index (χ2v) is 7.74. The lowest BCUT2D eigenvalue weighted by atomic mass is 9.98. The SMILES string of the molecule is CCOC(=O)C(CNC(=O)C(c1ccccc1)N1CCCCC1=O)Cc1ccccc1. The Hall–Kier alpha value is -3.15. The maximum atomic E-state index is 13.3. The Bertz CT molecular complexity index is 870. The number of rotatable bonds is 9. The van der Waals surface area contributed by atoms with E-state index in [-0.39, 0.29) is 30.9 Å². The lowest BCUT2D eigenvalue weighted by molar-refractivity contribution is -0.148. The summed E-state index contributed by atoms with van der Waals surface area (Å²) < 4.78 is 5.23. The number of nitrogens with one attached hydrogen (secondary N) is 1. The normalized spacial score (nSPS) is 15.8. The van der Waals surface area contributed by atoms with Gasteiger partial charge in [0.2, 0.25) is 11.8 Å². The molecule has 0 aliphatic carbocycles. The predicted octanol–water partition coefficient (Wildman–Crippen LogP) is 3.28. The van der Waals surface area contributed by atoms with E-state index in [1.807, 2.05) is 60.7 Å². The Morgan fingerprint density at radius 1 is 1.03 bits per heavy atom. The summed E-state index contributed by atoms with van der Waals surface area (Å²) in [5.74, 6) is -1.12. The van der Waals surface area contributed by atoms with Crippen LogP contribution in [0.25, 0.3) is 0 Å². The molecule has 2 aromatic rings. The minimum absolute atomic E-state index is 0.0125. The van der Waals surface area contributed by atoms with Gasteiger partial charge in [0.05, 0.1) is 12.5 Å². The molecule has 1 aliphatic rings. The van der Waals surface area contributed by atoms with Gasteiger partial charge >= 0.3 is 5.97 Å². The number of nitrogens with zero attached hydrogens (tertiary/aromatic N) is 1. The van der Waals surface area contributed by atoms with Crippen LogP contribution in [0.5, 0.6) is 0 Å². The maximum Gasteiger partial charge on any atom is 0.311 e. The van der Waals surface area contributed by atoms with E-state index in [0.717, 1.165) is 24.0 Å². The number of hydrogen-bond donors (Lipinski definition) is 1. The molecule has 3 rings (SSSR count). The van der Waals surface area contributed by atoms with Crippen molar-refractivity contribution in [3.05, 3.63) is 71.8 Å². The molecule has 2 aromatic carbocycles. The highest BCUT2D eigenvalue weighted by Gasteiger charge is 2.33. The summed E-state index contributed by atoms with van der Waals surface area (Å²) in [6.07, 6.45) is 2.65. The van der Waals surface area contributed by atoms with Gasteiger partial charge in [-0.2, -0.15) is 0 Å². The first kappa shape index (κ1) is 22.5. The summed E-state index contributed by atoms with van der Waals surface area (Å²) in [6.45, 7) is 2.76. The van der Waals surface area contributed by atoms with Crippen LogP contribution in [0.1, 0.15) is 43.4 Å². The summed E-state index contributed by atoms with van der Waals surface area (Å²) in [4.78, 5) is 40.0. The fraction of sp³-hybridized carbons (Fsp3) is 0.400. The van der Waals surface area contributed by atoms with Crippen LogP contribution in [0.2, 0.25) is 0 Å². The number of carbonyl (C=O) groups excluding carboxylic acids is 3. The van der Waals surface area contributed by atoms with Crippen LogP contribution in [-0.2, 0) is 25.5 Å². The molecule has 6 nitrogen and oxygen atoms in total. The zero-order valence-electron chi connectivity index (χ0n) is 18.0. The monoisotopic (exact) mass is 422 g/mol. The lowest BCUT2D eigenvalue weighted by Gasteiger charge is -2.34. The van der Waals surface area contributed by atoms with Gasteiger partial charge < -0.3 is 15.0 Å². The molecule has 2 unspecified atom stereocenters. The van der Waals surface area contributed by atoms with E-state index >= 15 is 0 Å². The quantitative estimate of drug-likeness (QED) is 0.630. The van der Waals surface area contributed by atoms with Crippen LogP contribution in [0.3, 0.4) is 0 Å². The molecule has 0 radical (unpaired) electrons. The Kier molecular flexibility index (Phi) is 8.21. The number of ether oxygens (including phenoxy) is 1. The van der Waals surface area contributed by atoms with Gasteiger partial charge in [-0.3, -0.25) is 14.4 Å².